The van der Waals surface area contributed by atoms with Gasteiger partial charge in [-0.15, -0.1) is 0 Å². The van der Waals surface area contributed by atoms with E-state index in [4.69, 9.17) is 9.26 Å². The molecule has 1 aliphatic rings. The van der Waals surface area contributed by atoms with Gasteiger partial charge in [0, 0.05) is 24.0 Å². The molecule has 1 aliphatic heterocycles. The second-order valence-electron chi connectivity index (χ2n) is 6.26. The van der Waals surface area contributed by atoms with E-state index in [1.807, 2.05) is 20.8 Å². The molecule has 0 bridgehead atoms. The second kappa shape index (κ2) is 6.63. The third-order valence-electron chi connectivity index (χ3n) is 4.43. The Morgan fingerprint density at radius 1 is 1.46 bits per heavy atom. The summed E-state index contributed by atoms with van der Waals surface area (Å²) in [7, 11) is 0. The maximum Gasteiger partial charge on any atom is 0.221 e. The number of nitrogens with zero attached hydrogens (tertiary/aromatic N) is 1. The maximum atomic E-state index is 13.8. The van der Waals surface area contributed by atoms with Crippen LogP contribution in [0, 0.1) is 19.7 Å². The molecule has 2 aromatic rings. The lowest BCUT2D eigenvalue weighted by atomic mass is 9.95. The summed E-state index contributed by atoms with van der Waals surface area (Å²) in [6.07, 6.45) is 0.951. The smallest absolute Gasteiger partial charge is 0.221 e. The Bertz CT molecular complexity index is 737. The summed E-state index contributed by atoms with van der Waals surface area (Å²) in [5.41, 5.74) is 2.48. The fourth-order valence-corrected chi connectivity index (χ4v) is 3.36. The quantitative estimate of drug-likeness (QED) is 0.930. The van der Waals surface area contributed by atoms with Crippen LogP contribution in [0.25, 0.3) is 0 Å². The van der Waals surface area contributed by atoms with Crippen LogP contribution in [0.4, 0.5) is 4.39 Å². The summed E-state index contributed by atoms with van der Waals surface area (Å²) in [6, 6.07) is 4.56. The predicted molar refractivity (Wildman–Crippen MR) is 86.4 cm³/mol. The lowest BCUT2D eigenvalue weighted by molar-refractivity contribution is -0.122. The van der Waals surface area contributed by atoms with Gasteiger partial charge in [0.05, 0.1) is 18.3 Å². The van der Waals surface area contributed by atoms with Gasteiger partial charge in [-0.3, -0.25) is 4.79 Å². The highest BCUT2D eigenvalue weighted by molar-refractivity contribution is 5.77. The number of nitrogens with one attached hydrogen (secondary N) is 1. The Morgan fingerprint density at radius 3 is 2.96 bits per heavy atom. The van der Waals surface area contributed by atoms with Crippen molar-refractivity contribution in [2.75, 3.05) is 6.61 Å². The number of fused-ring (bicyclic) bond motifs is 1. The molecule has 2 atom stereocenters. The standard InChI is InChI=1S/C18H21FN2O3/c1-10(17-11(2)21-24-12(17)3)9-16(22)20-15-7-8-23-18-13(15)5-4-6-14(18)19/h4-6,10,15H,7-9H2,1-3H3,(H,20,22). The number of amides is 1. The Balaban J connectivity index is 1.69. The van der Waals surface area contributed by atoms with Crippen LogP contribution in [-0.4, -0.2) is 17.7 Å². The summed E-state index contributed by atoms with van der Waals surface area (Å²) in [5.74, 6) is 0.516. The van der Waals surface area contributed by atoms with Crippen molar-refractivity contribution in [3.63, 3.8) is 0 Å². The minimum Gasteiger partial charge on any atom is -0.490 e. The number of halogens is 1. The highest BCUT2D eigenvalue weighted by atomic mass is 19.1. The van der Waals surface area contributed by atoms with Crippen LogP contribution in [0.15, 0.2) is 22.7 Å². The van der Waals surface area contributed by atoms with Crippen LogP contribution in [-0.2, 0) is 4.79 Å². The number of carbonyl (C=O) groups excluding carboxylic acids is 1. The molecule has 0 radical (unpaired) electrons. The van der Waals surface area contributed by atoms with Gasteiger partial charge in [0.25, 0.3) is 0 Å². The number of hydrogen-bond donors (Lipinski definition) is 1. The maximum absolute atomic E-state index is 13.8. The summed E-state index contributed by atoms with van der Waals surface area (Å²) < 4.78 is 24.4. The molecule has 2 heterocycles. The van der Waals surface area contributed by atoms with E-state index in [2.05, 4.69) is 10.5 Å². The zero-order chi connectivity index (χ0) is 17.3. The van der Waals surface area contributed by atoms with E-state index < -0.39 is 5.82 Å². The minimum atomic E-state index is -0.393. The number of para-hydroxylation sites is 1. The first-order valence-corrected chi connectivity index (χ1v) is 8.10. The van der Waals surface area contributed by atoms with Gasteiger partial charge in [-0.05, 0) is 25.8 Å². The average molecular weight is 332 g/mol. The molecule has 6 heteroatoms. The Labute approximate surface area is 140 Å². The fourth-order valence-electron chi connectivity index (χ4n) is 3.36. The molecule has 1 aromatic heterocycles. The molecular formula is C18H21FN2O3. The molecule has 2 unspecified atom stereocenters. The van der Waals surface area contributed by atoms with Gasteiger partial charge in [0.1, 0.15) is 5.76 Å². The third-order valence-corrected chi connectivity index (χ3v) is 4.43. The van der Waals surface area contributed by atoms with Gasteiger partial charge in [-0.1, -0.05) is 24.2 Å². The van der Waals surface area contributed by atoms with Crippen LogP contribution in [0.1, 0.15) is 54.3 Å². The number of ether oxygens (including phenoxy) is 1. The molecule has 0 fully saturated rings. The summed E-state index contributed by atoms with van der Waals surface area (Å²) in [4.78, 5) is 12.4. The number of rotatable bonds is 4. The van der Waals surface area contributed by atoms with Crippen molar-refractivity contribution in [1.29, 1.82) is 0 Å². The molecule has 1 amide bonds. The number of aromatic nitrogens is 1. The largest absolute Gasteiger partial charge is 0.490 e. The van der Waals surface area contributed by atoms with Crippen molar-refractivity contribution < 1.29 is 18.4 Å². The lowest BCUT2D eigenvalue weighted by Gasteiger charge is -2.27. The van der Waals surface area contributed by atoms with E-state index in [1.165, 1.54) is 6.07 Å². The highest BCUT2D eigenvalue weighted by Crippen LogP contribution is 2.34. The Morgan fingerprint density at radius 2 is 2.25 bits per heavy atom. The molecule has 0 spiro atoms. The van der Waals surface area contributed by atoms with Crippen molar-refractivity contribution in [3.05, 3.63) is 46.6 Å². The van der Waals surface area contributed by atoms with Crippen molar-refractivity contribution in [2.45, 2.75) is 45.6 Å². The van der Waals surface area contributed by atoms with E-state index >= 15 is 0 Å². The summed E-state index contributed by atoms with van der Waals surface area (Å²) in [5, 5.41) is 6.93. The first-order chi connectivity index (χ1) is 11.5. The molecule has 0 saturated carbocycles. The molecule has 3 rings (SSSR count). The van der Waals surface area contributed by atoms with Crippen LogP contribution in [0.5, 0.6) is 5.75 Å². The van der Waals surface area contributed by atoms with E-state index in [0.29, 0.717) is 25.0 Å². The minimum absolute atomic E-state index is 0.00284. The van der Waals surface area contributed by atoms with E-state index in [9.17, 15) is 9.18 Å². The zero-order valence-corrected chi connectivity index (χ0v) is 14.1. The monoisotopic (exact) mass is 332 g/mol. The van der Waals surface area contributed by atoms with Gasteiger partial charge in [0.2, 0.25) is 5.91 Å². The number of aryl methyl sites for hydroxylation is 2. The van der Waals surface area contributed by atoms with E-state index in [-0.39, 0.29) is 23.6 Å². The highest BCUT2D eigenvalue weighted by Gasteiger charge is 2.26. The SMILES string of the molecule is Cc1noc(C)c1C(C)CC(=O)NC1CCOc2c(F)cccc21. The van der Waals surface area contributed by atoms with Crippen LogP contribution in [0.2, 0.25) is 0 Å². The molecule has 1 N–H and O–H groups in total. The summed E-state index contributed by atoms with van der Waals surface area (Å²) in [6.45, 7) is 6.08. The van der Waals surface area contributed by atoms with E-state index in [1.54, 1.807) is 12.1 Å². The van der Waals surface area contributed by atoms with Crippen molar-refractivity contribution >= 4 is 5.91 Å². The van der Waals surface area contributed by atoms with Gasteiger partial charge < -0.3 is 14.6 Å². The predicted octanol–water partition coefficient (Wildman–Crippen LogP) is 3.56. The molecule has 0 saturated heterocycles. The number of carbonyl (C=O) groups is 1. The first kappa shape index (κ1) is 16.5. The Hall–Kier alpha value is -2.37. The molecule has 5 nitrogen and oxygen atoms in total. The van der Waals surface area contributed by atoms with Gasteiger partial charge in [0.15, 0.2) is 11.6 Å². The topological polar surface area (TPSA) is 64.4 Å². The number of hydrogen-bond acceptors (Lipinski definition) is 4. The summed E-state index contributed by atoms with van der Waals surface area (Å²) >= 11 is 0. The van der Waals surface area contributed by atoms with Crippen molar-refractivity contribution in [1.82, 2.24) is 10.5 Å². The van der Waals surface area contributed by atoms with Gasteiger partial charge >= 0.3 is 0 Å². The molecular weight excluding hydrogens is 311 g/mol. The van der Waals surface area contributed by atoms with Crippen molar-refractivity contribution in [2.24, 2.45) is 0 Å². The zero-order valence-electron chi connectivity index (χ0n) is 14.1. The molecule has 1 aromatic carbocycles. The molecule has 24 heavy (non-hydrogen) atoms. The van der Waals surface area contributed by atoms with Crippen LogP contribution >= 0.6 is 0 Å². The first-order valence-electron chi connectivity index (χ1n) is 8.10. The fraction of sp³-hybridized carbons (Fsp3) is 0.444. The number of benzene rings is 1. The normalized spacial score (nSPS) is 17.8. The second-order valence-corrected chi connectivity index (χ2v) is 6.26. The van der Waals surface area contributed by atoms with Crippen LogP contribution < -0.4 is 10.1 Å². The molecule has 0 aliphatic carbocycles. The van der Waals surface area contributed by atoms with E-state index in [0.717, 1.165) is 17.0 Å². The lowest BCUT2D eigenvalue weighted by Crippen LogP contribution is -2.33. The average Bonchev–Trinajstić information content (AvgIpc) is 2.87. The molecule has 128 valence electrons. The third kappa shape index (κ3) is 3.13. The van der Waals surface area contributed by atoms with Gasteiger partial charge in [-0.2, -0.15) is 0 Å². The van der Waals surface area contributed by atoms with Crippen LogP contribution in [0.3, 0.4) is 0 Å². The van der Waals surface area contributed by atoms with Crippen molar-refractivity contribution in [3.8, 4) is 5.75 Å². The van der Waals surface area contributed by atoms with Gasteiger partial charge in [-0.25, -0.2) is 4.39 Å². The Kier molecular flexibility index (Phi) is 4.55.